The molecule has 0 bridgehead atoms. The van der Waals surface area contributed by atoms with Crippen molar-refractivity contribution in [1.29, 1.82) is 0 Å². The third kappa shape index (κ3) is 5.26. The number of carbonyl (C=O) groups excluding carboxylic acids is 1. The van der Waals surface area contributed by atoms with E-state index >= 15 is 0 Å². The molecule has 0 radical (unpaired) electrons. The van der Waals surface area contributed by atoms with Gasteiger partial charge in [-0.2, -0.15) is 0 Å². The van der Waals surface area contributed by atoms with Crippen LogP contribution < -0.4 is 4.72 Å². The summed E-state index contributed by atoms with van der Waals surface area (Å²) in [5, 5.41) is 0. The molecule has 0 aliphatic carbocycles. The summed E-state index contributed by atoms with van der Waals surface area (Å²) < 4.78 is 25.2. The molecule has 2 heterocycles. The van der Waals surface area contributed by atoms with Gasteiger partial charge in [-0.15, -0.1) is 0 Å². The summed E-state index contributed by atoms with van der Waals surface area (Å²) in [6, 6.07) is 10.4. The van der Waals surface area contributed by atoms with Crippen molar-refractivity contribution >= 4 is 15.9 Å². The van der Waals surface area contributed by atoms with E-state index in [4.69, 9.17) is 0 Å². The van der Waals surface area contributed by atoms with Crippen molar-refractivity contribution in [3.8, 4) is 0 Å². The molecular formula is C18H27N3O3S. The van der Waals surface area contributed by atoms with E-state index in [0.29, 0.717) is 38.4 Å². The molecule has 6 nitrogen and oxygen atoms in total. The first kappa shape index (κ1) is 18.4. The van der Waals surface area contributed by atoms with Crippen LogP contribution >= 0.6 is 0 Å². The van der Waals surface area contributed by atoms with Crippen LogP contribution in [0.2, 0.25) is 0 Å². The third-order valence-electron chi connectivity index (χ3n) is 5.13. The van der Waals surface area contributed by atoms with Gasteiger partial charge in [0.05, 0.1) is 12.8 Å². The van der Waals surface area contributed by atoms with E-state index in [1.165, 1.54) is 11.8 Å². The maximum absolute atomic E-state index is 12.5. The lowest BCUT2D eigenvalue weighted by Gasteiger charge is -2.33. The van der Waals surface area contributed by atoms with Crippen LogP contribution in [0.25, 0.3) is 0 Å². The number of nitrogens with one attached hydrogen (secondary N) is 1. The number of carbonyl (C=O) groups is 1. The highest BCUT2D eigenvalue weighted by molar-refractivity contribution is 7.88. The van der Waals surface area contributed by atoms with Gasteiger partial charge in [-0.3, -0.25) is 9.69 Å². The van der Waals surface area contributed by atoms with Gasteiger partial charge in [-0.25, -0.2) is 13.1 Å². The zero-order valence-corrected chi connectivity index (χ0v) is 15.5. The smallest absolute Gasteiger partial charge is 0.236 e. The molecule has 1 atom stereocenters. The van der Waals surface area contributed by atoms with Crippen molar-refractivity contribution in [2.24, 2.45) is 0 Å². The second-order valence-electron chi connectivity index (χ2n) is 7.18. The number of amides is 1. The van der Waals surface area contributed by atoms with Crippen LogP contribution in [0.4, 0.5) is 0 Å². The molecule has 138 valence electrons. The van der Waals surface area contributed by atoms with Crippen LogP contribution in [-0.4, -0.2) is 69.1 Å². The van der Waals surface area contributed by atoms with E-state index in [0.717, 1.165) is 19.5 Å². The number of sulfonamides is 1. The maximum atomic E-state index is 12.5. The summed E-state index contributed by atoms with van der Waals surface area (Å²) in [5.41, 5.74) is 1.35. The standard InChI is InChI=1S/C18H27N3O3S/c1-25(23,24)19-17-8-11-21(12-9-17)18(22)14-20-10-7-16(13-20)15-5-3-2-4-6-15/h2-6,16-17,19H,7-14H2,1H3. The lowest BCUT2D eigenvalue weighted by Crippen LogP contribution is -2.48. The number of rotatable bonds is 5. The molecule has 25 heavy (non-hydrogen) atoms. The predicted molar refractivity (Wildman–Crippen MR) is 97.8 cm³/mol. The van der Waals surface area contributed by atoms with Crippen LogP contribution in [0, 0.1) is 0 Å². The Labute approximate surface area is 150 Å². The van der Waals surface area contributed by atoms with Gasteiger partial charge in [-0.05, 0) is 37.3 Å². The lowest BCUT2D eigenvalue weighted by atomic mass is 9.99. The SMILES string of the molecule is CS(=O)(=O)NC1CCN(C(=O)CN2CCC(c3ccccc3)C2)CC1. The lowest BCUT2D eigenvalue weighted by molar-refractivity contribution is -0.133. The number of nitrogens with zero attached hydrogens (tertiary/aromatic N) is 2. The number of hydrogen-bond donors (Lipinski definition) is 1. The normalized spacial score (nSPS) is 23.1. The van der Waals surface area contributed by atoms with Gasteiger partial charge in [0.25, 0.3) is 0 Å². The Morgan fingerprint density at radius 1 is 1.12 bits per heavy atom. The molecule has 2 aliphatic heterocycles. The van der Waals surface area contributed by atoms with E-state index in [-0.39, 0.29) is 11.9 Å². The second kappa shape index (κ2) is 7.85. The van der Waals surface area contributed by atoms with E-state index in [1.807, 2.05) is 11.0 Å². The van der Waals surface area contributed by atoms with Gasteiger partial charge < -0.3 is 4.90 Å². The fourth-order valence-corrected chi connectivity index (χ4v) is 4.66. The van der Waals surface area contributed by atoms with Crippen LogP contribution in [0.15, 0.2) is 30.3 Å². The molecule has 7 heteroatoms. The molecule has 1 aromatic rings. The first-order valence-electron chi connectivity index (χ1n) is 8.93. The zero-order valence-electron chi connectivity index (χ0n) is 14.7. The molecule has 2 fully saturated rings. The fourth-order valence-electron chi connectivity index (χ4n) is 3.81. The Balaban J connectivity index is 1.44. The minimum Gasteiger partial charge on any atom is -0.341 e. The molecule has 0 spiro atoms. The maximum Gasteiger partial charge on any atom is 0.236 e. The van der Waals surface area contributed by atoms with E-state index in [9.17, 15) is 13.2 Å². The molecule has 1 amide bonds. The topological polar surface area (TPSA) is 69.7 Å². The largest absolute Gasteiger partial charge is 0.341 e. The summed E-state index contributed by atoms with van der Waals surface area (Å²) in [6.07, 6.45) is 3.65. The van der Waals surface area contributed by atoms with Crippen molar-refractivity contribution in [2.75, 3.05) is 39.0 Å². The van der Waals surface area contributed by atoms with Crippen LogP contribution in [0.3, 0.4) is 0 Å². The molecular weight excluding hydrogens is 338 g/mol. The summed E-state index contributed by atoms with van der Waals surface area (Å²) in [6.45, 7) is 3.61. The predicted octanol–water partition coefficient (Wildman–Crippen LogP) is 1.02. The van der Waals surface area contributed by atoms with E-state index in [2.05, 4.69) is 33.9 Å². The molecule has 0 aromatic heterocycles. The van der Waals surface area contributed by atoms with Crippen molar-refractivity contribution in [3.05, 3.63) is 35.9 Å². The van der Waals surface area contributed by atoms with Gasteiger partial charge in [0.15, 0.2) is 0 Å². The van der Waals surface area contributed by atoms with Crippen LogP contribution in [-0.2, 0) is 14.8 Å². The number of likely N-dealkylation sites (tertiary alicyclic amines) is 2. The Morgan fingerprint density at radius 3 is 2.44 bits per heavy atom. The quantitative estimate of drug-likeness (QED) is 0.846. The Kier molecular flexibility index (Phi) is 5.76. The summed E-state index contributed by atoms with van der Waals surface area (Å²) in [4.78, 5) is 16.6. The van der Waals surface area contributed by atoms with Crippen molar-refractivity contribution < 1.29 is 13.2 Å². The van der Waals surface area contributed by atoms with Crippen molar-refractivity contribution in [2.45, 2.75) is 31.2 Å². The number of piperidine rings is 1. The average Bonchev–Trinajstić information content (AvgIpc) is 3.03. The Bertz CT molecular complexity index is 685. The van der Waals surface area contributed by atoms with Gasteiger partial charge >= 0.3 is 0 Å². The number of benzene rings is 1. The van der Waals surface area contributed by atoms with Gasteiger partial charge in [0.1, 0.15) is 0 Å². The molecule has 3 rings (SSSR count). The van der Waals surface area contributed by atoms with Gasteiger partial charge in [0.2, 0.25) is 15.9 Å². The van der Waals surface area contributed by atoms with E-state index in [1.54, 1.807) is 0 Å². The first-order valence-corrected chi connectivity index (χ1v) is 10.8. The molecule has 1 aromatic carbocycles. The van der Waals surface area contributed by atoms with Crippen LogP contribution in [0.5, 0.6) is 0 Å². The first-order chi connectivity index (χ1) is 11.9. The zero-order chi connectivity index (χ0) is 17.9. The monoisotopic (exact) mass is 365 g/mol. The Morgan fingerprint density at radius 2 is 1.80 bits per heavy atom. The molecule has 0 saturated carbocycles. The highest BCUT2D eigenvalue weighted by Crippen LogP contribution is 2.26. The molecule has 2 aliphatic rings. The summed E-state index contributed by atoms with van der Waals surface area (Å²) >= 11 is 0. The van der Waals surface area contributed by atoms with Crippen LogP contribution in [0.1, 0.15) is 30.7 Å². The minimum atomic E-state index is -3.17. The Hall–Kier alpha value is -1.44. The molecule has 1 unspecified atom stereocenters. The fraction of sp³-hybridized carbons (Fsp3) is 0.611. The van der Waals surface area contributed by atoms with E-state index < -0.39 is 10.0 Å². The average molecular weight is 365 g/mol. The minimum absolute atomic E-state index is 0.0479. The van der Waals surface area contributed by atoms with Crippen molar-refractivity contribution in [1.82, 2.24) is 14.5 Å². The highest BCUT2D eigenvalue weighted by atomic mass is 32.2. The van der Waals surface area contributed by atoms with Crippen molar-refractivity contribution in [3.63, 3.8) is 0 Å². The van der Waals surface area contributed by atoms with Gasteiger partial charge in [-0.1, -0.05) is 30.3 Å². The second-order valence-corrected chi connectivity index (χ2v) is 8.96. The number of hydrogen-bond acceptors (Lipinski definition) is 4. The molecule has 2 saturated heterocycles. The third-order valence-corrected chi connectivity index (χ3v) is 5.89. The molecule has 1 N–H and O–H groups in total. The highest BCUT2D eigenvalue weighted by Gasteiger charge is 2.29. The van der Waals surface area contributed by atoms with Gasteiger partial charge in [0, 0.05) is 25.7 Å². The summed E-state index contributed by atoms with van der Waals surface area (Å²) in [5.74, 6) is 0.671. The summed E-state index contributed by atoms with van der Waals surface area (Å²) in [7, 11) is -3.17.